The third-order valence-corrected chi connectivity index (χ3v) is 4.36. The van der Waals surface area contributed by atoms with Gasteiger partial charge in [0.1, 0.15) is 11.6 Å². The molecule has 4 rings (SSSR count). The van der Waals surface area contributed by atoms with Gasteiger partial charge in [-0.1, -0.05) is 6.07 Å². The first-order chi connectivity index (χ1) is 14.0. The molecule has 0 amide bonds. The molecule has 0 fully saturated rings. The Morgan fingerprint density at radius 2 is 2.07 bits per heavy atom. The minimum absolute atomic E-state index is 0.158. The first-order valence-corrected chi connectivity index (χ1v) is 8.81. The number of nitrogens with one attached hydrogen (secondary N) is 2. The largest absolute Gasteiger partial charge is 0.505 e. The van der Waals surface area contributed by atoms with Crippen molar-refractivity contribution in [2.24, 2.45) is 0 Å². The second-order valence-electron chi connectivity index (χ2n) is 6.40. The van der Waals surface area contributed by atoms with E-state index in [1.165, 1.54) is 0 Å². The van der Waals surface area contributed by atoms with Gasteiger partial charge in [0.15, 0.2) is 23.0 Å². The number of anilines is 1. The topological polar surface area (TPSA) is 126 Å². The normalized spacial score (nSPS) is 11.2. The first kappa shape index (κ1) is 18.7. The molecule has 4 aromatic rings. The Bertz CT molecular complexity index is 1140. The molecule has 0 aliphatic rings. The van der Waals surface area contributed by atoms with E-state index in [1.807, 2.05) is 12.1 Å². The number of hydrogen-bond acceptors (Lipinski definition) is 7. The Morgan fingerprint density at radius 1 is 1.21 bits per heavy atom. The average Bonchev–Trinajstić information content (AvgIpc) is 3.14. The zero-order valence-electron chi connectivity index (χ0n) is 15.2. The number of pyridine rings is 1. The van der Waals surface area contributed by atoms with Crippen LogP contribution in [0, 0.1) is 11.6 Å². The van der Waals surface area contributed by atoms with E-state index in [9.17, 15) is 13.9 Å². The molecule has 5 N–H and O–H groups in total. The van der Waals surface area contributed by atoms with Crippen LogP contribution in [-0.2, 0) is 13.0 Å². The number of nitrogens with two attached hydrogens (primary N) is 1. The predicted octanol–water partition coefficient (Wildman–Crippen LogP) is 2.31. The number of rotatable bonds is 6. The van der Waals surface area contributed by atoms with Crippen LogP contribution in [0.1, 0.15) is 11.4 Å². The molecule has 3 heterocycles. The van der Waals surface area contributed by atoms with Gasteiger partial charge in [-0.15, -0.1) is 0 Å². The standard InChI is InChI=1S/C19H17F2N7O/c20-12-6-11(7-13(29)16(12)21)17-15-18(22)25-14(26-19(15)28-27-17)3-5-24-9-10-2-1-4-23-8-10/h1-2,4,6-8,24,29H,3,5,9H2,(H3,22,25,26,27,28). The molecule has 0 saturated heterocycles. The highest BCUT2D eigenvalue weighted by Gasteiger charge is 2.18. The van der Waals surface area contributed by atoms with Gasteiger partial charge >= 0.3 is 0 Å². The summed E-state index contributed by atoms with van der Waals surface area (Å²) in [7, 11) is 0. The van der Waals surface area contributed by atoms with Crippen LogP contribution in [0.4, 0.5) is 14.6 Å². The van der Waals surface area contributed by atoms with Crippen LogP contribution < -0.4 is 11.1 Å². The van der Waals surface area contributed by atoms with E-state index >= 15 is 0 Å². The number of aromatic amines is 1. The van der Waals surface area contributed by atoms with Crippen LogP contribution in [0.15, 0.2) is 36.7 Å². The van der Waals surface area contributed by atoms with Gasteiger partial charge in [-0.25, -0.2) is 14.4 Å². The third-order valence-electron chi connectivity index (χ3n) is 4.36. The summed E-state index contributed by atoms with van der Waals surface area (Å²) in [6.45, 7) is 1.28. The molecule has 148 valence electrons. The Balaban J connectivity index is 1.53. The molecule has 29 heavy (non-hydrogen) atoms. The van der Waals surface area contributed by atoms with Gasteiger partial charge < -0.3 is 16.2 Å². The number of phenolic OH excluding ortho intramolecular Hbond substituents is 1. The van der Waals surface area contributed by atoms with Gasteiger partial charge in [-0.2, -0.15) is 9.49 Å². The van der Waals surface area contributed by atoms with Gasteiger partial charge in [0, 0.05) is 37.5 Å². The maximum Gasteiger partial charge on any atom is 0.200 e. The first-order valence-electron chi connectivity index (χ1n) is 8.81. The molecule has 1 aromatic carbocycles. The highest BCUT2D eigenvalue weighted by Crippen LogP contribution is 2.32. The molecular weight excluding hydrogens is 380 g/mol. The van der Waals surface area contributed by atoms with Crippen molar-refractivity contribution in [1.82, 2.24) is 30.5 Å². The number of halogens is 2. The molecule has 8 nitrogen and oxygen atoms in total. The third kappa shape index (κ3) is 3.83. The van der Waals surface area contributed by atoms with E-state index in [0.29, 0.717) is 42.1 Å². The van der Waals surface area contributed by atoms with E-state index in [0.717, 1.165) is 17.7 Å². The molecule has 3 aromatic heterocycles. The summed E-state index contributed by atoms with van der Waals surface area (Å²) in [6, 6.07) is 5.87. The molecule has 0 aliphatic carbocycles. The fraction of sp³-hybridized carbons (Fsp3) is 0.158. The fourth-order valence-corrected chi connectivity index (χ4v) is 2.97. The number of hydrogen-bond donors (Lipinski definition) is 4. The van der Waals surface area contributed by atoms with Crippen molar-refractivity contribution >= 4 is 16.9 Å². The highest BCUT2D eigenvalue weighted by atomic mass is 19.2. The maximum atomic E-state index is 13.6. The molecule has 0 atom stereocenters. The van der Waals surface area contributed by atoms with Crippen LogP contribution in [0.5, 0.6) is 5.75 Å². The summed E-state index contributed by atoms with van der Waals surface area (Å²) in [6.07, 6.45) is 4.03. The summed E-state index contributed by atoms with van der Waals surface area (Å²) in [5.41, 5.74) is 7.92. The monoisotopic (exact) mass is 397 g/mol. The highest BCUT2D eigenvalue weighted by molar-refractivity contribution is 5.98. The fourth-order valence-electron chi connectivity index (χ4n) is 2.97. The van der Waals surface area contributed by atoms with Gasteiger partial charge in [0.2, 0.25) is 0 Å². The Kier molecular flexibility index (Phi) is 5.00. The Hall–Kier alpha value is -3.66. The SMILES string of the molecule is Nc1nc(CCNCc2cccnc2)nc2n[nH]c(-c3cc(O)c(F)c(F)c3)c12. The van der Waals surface area contributed by atoms with Crippen molar-refractivity contribution in [2.45, 2.75) is 13.0 Å². The smallest absolute Gasteiger partial charge is 0.200 e. The van der Waals surface area contributed by atoms with Crippen LogP contribution >= 0.6 is 0 Å². The van der Waals surface area contributed by atoms with Gasteiger partial charge in [-0.05, 0) is 23.8 Å². The summed E-state index contributed by atoms with van der Waals surface area (Å²) >= 11 is 0. The Morgan fingerprint density at radius 3 is 2.83 bits per heavy atom. The molecule has 0 spiro atoms. The number of aromatic nitrogens is 5. The zero-order chi connectivity index (χ0) is 20.4. The average molecular weight is 397 g/mol. The molecule has 10 heteroatoms. The molecule has 0 bridgehead atoms. The zero-order valence-corrected chi connectivity index (χ0v) is 15.2. The summed E-state index contributed by atoms with van der Waals surface area (Å²) in [4.78, 5) is 12.7. The summed E-state index contributed by atoms with van der Waals surface area (Å²) in [5.74, 6) is -2.65. The van der Waals surface area contributed by atoms with E-state index in [4.69, 9.17) is 5.73 Å². The van der Waals surface area contributed by atoms with Crippen molar-refractivity contribution in [3.63, 3.8) is 0 Å². The van der Waals surface area contributed by atoms with Crippen LogP contribution in [0.2, 0.25) is 0 Å². The van der Waals surface area contributed by atoms with Gasteiger partial charge in [0.25, 0.3) is 0 Å². The van der Waals surface area contributed by atoms with Crippen LogP contribution in [0.3, 0.4) is 0 Å². The lowest BCUT2D eigenvalue weighted by Gasteiger charge is -2.06. The lowest BCUT2D eigenvalue weighted by atomic mass is 10.1. The molecular formula is C19H17F2N7O. The number of benzene rings is 1. The van der Waals surface area contributed by atoms with Crippen molar-refractivity contribution in [2.75, 3.05) is 12.3 Å². The molecule has 0 unspecified atom stereocenters. The van der Waals surface area contributed by atoms with E-state index in [2.05, 4.69) is 30.5 Å². The summed E-state index contributed by atoms with van der Waals surface area (Å²) < 4.78 is 27.0. The number of H-pyrrole nitrogens is 1. The quantitative estimate of drug-likeness (QED) is 0.368. The van der Waals surface area contributed by atoms with E-state index < -0.39 is 17.4 Å². The predicted molar refractivity (Wildman–Crippen MR) is 103 cm³/mol. The number of nitrogen functional groups attached to an aromatic ring is 1. The van der Waals surface area contributed by atoms with Crippen molar-refractivity contribution < 1.29 is 13.9 Å². The minimum Gasteiger partial charge on any atom is -0.505 e. The molecule has 0 radical (unpaired) electrons. The number of aromatic hydroxyl groups is 1. The van der Waals surface area contributed by atoms with Crippen LogP contribution in [0.25, 0.3) is 22.3 Å². The Labute approximate surface area is 163 Å². The van der Waals surface area contributed by atoms with Gasteiger partial charge in [-0.3, -0.25) is 10.1 Å². The lowest BCUT2D eigenvalue weighted by molar-refractivity contribution is 0.407. The number of nitrogens with zero attached hydrogens (tertiary/aromatic N) is 4. The number of fused-ring (bicyclic) bond motifs is 1. The van der Waals surface area contributed by atoms with Crippen molar-refractivity contribution in [1.29, 1.82) is 0 Å². The van der Waals surface area contributed by atoms with Crippen molar-refractivity contribution in [3.8, 4) is 17.0 Å². The lowest BCUT2D eigenvalue weighted by Crippen LogP contribution is -2.18. The summed E-state index contributed by atoms with van der Waals surface area (Å²) in [5, 5.41) is 20.0. The van der Waals surface area contributed by atoms with E-state index in [1.54, 1.807) is 12.4 Å². The van der Waals surface area contributed by atoms with Crippen molar-refractivity contribution in [3.05, 3.63) is 59.7 Å². The maximum absolute atomic E-state index is 13.6. The van der Waals surface area contributed by atoms with Crippen LogP contribution in [-0.4, -0.2) is 36.8 Å². The van der Waals surface area contributed by atoms with E-state index in [-0.39, 0.29) is 11.4 Å². The number of phenols is 1. The molecule has 0 saturated carbocycles. The second kappa shape index (κ2) is 7.76. The van der Waals surface area contributed by atoms with Gasteiger partial charge in [0.05, 0.1) is 11.1 Å². The minimum atomic E-state index is -1.32. The molecule has 0 aliphatic heterocycles. The second-order valence-corrected chi connectivity index (χ2v) is 6.40.